The highest BCUT2D eigenvalue weighted by Crippen LogP contribution is 2.45. The van der Waals surface area contributed by atoms with Gasteiger partial charge in [0.05, 0.1) is 18.4 Å². The second-order valence-corrected chi connectivity index (χ2v) is 12.4. The molecule has 2 aromatic carbocycles. The normalized spacial score (nSPS) is 21.6. The molecule has 45 heavy (non-hydrogen) atoms. The highest BCUT2D eigenvalue weighted by molar-refractivity contribution is 6.35. The van der Waals surface area contributed by atoms with E-state index >= 15 is 0 Å². The number of alkyl halides is 5. The van der Waals surface area contributed by atoms with Gasteiger partial charge in [-0.05, 0) is 55.7 Å². The smallest absolute Gasteiger partial charge is 0.406 e. The fraction of sp³-hybridized carbons (Fsp3) is 0.379. The molecule has 2 fully saturated rings. The number of fused-ring (bicyclic) bond motifs is 1. The maximum Gasteiger partial charge on any atom is 0.573 e. The number of imidazole rings is 1. The van der Waals surface area contributed by atoms with Gasteiger partial charge in [0.25, 0.3) is 17.7 Å². The summed E-state index contributed by atoms with van der Waals surface area (Å²) in [5, 5.41) is 3.13. The molecule has 6 rings (SSSR count). The summed E-state index contributed by atoms with van der Waals surface area (Å²) >= 11 is 12.4. The maximum absolute atomic E-state index is 14.2. The first-order chi connectivity index (χ1) is 21.0. The van der Waals surface area contributed by atoms with E-state index in [1.165, 1.54) is 52.9 Å². The standard InChI is InChI=1S/C29H24Cl2F5N5O4/c1-26(13-16-2-4-20(5-3-16)45-29(34,35)36)23(43)40(19-11-17(30)10-18(31)12-19)25-37-14-21(41(25)26)22(42)38-27(6-7-27)24(44)39-9-8-28(32,33)15-39/h2-5,10-12,14H,6-9,13,15H2,1H3,(H,38,42)/t26-/m1/s1. The van der Waals surface area contributed by atoms with Crippen molar-refractivity contribution in [3.63, 3.8) is 0 Å². The van der Waals surface area contributed by atoms with E-state index in [2.05, 4.69) is 15.0 Å². The highest BCUT2D eigenvalue weighted by Gasteiger charge is 2.57. The first-order valence-electron chi connectivity index (χ1n) is 13.7. The molecule has 0 spiro atoms. The van der Waals surface area contributed by atoms with Gasteiger partial charge in [-0.1, -0.05) is 35.3 Å². The van der Waals surface area contributed by atoms with Crippen LogP contribution in [0.25, 0.3) is 0 Å². The van der Waals surface area contributed by atoms with Crippen LogP contribution in [0.5, 0.6) is 5.75 Å². The molecular formula is C29H24Cl2F5N5O4. The number of carbonyl (C=O) groups is 3. The molecule has 1 N–H and O–H groups in total. The zero-order valence-electron chi connectivity index (χ0n) is 23.4. The lowest BCUT2D eigenvalue weighted by molar-refractivity contribution is -0.274. The minimum Gasteiger partial charge on any atom is -0.406 e. The number of amides is 3. The summed E-state index contributed by atoms with van der Waals surface area (Å²) in [7, 11) is 0. The predicted molar refractivity (Wildman–Crippen MR) is 152 cm³/mol. The molecule has 3 amide bonds. The summed E-state index contributed by atoms with van der Waals surface area (Å²) in [6, 6.07) is 9.34. The Morgan fingerprint density at radius 2 is 1.69 bits per heavy atom. The third-order valence-corrected chi connectivity index (χ3v) is 8.55. The van der Waals surface area contributed by atoms with Gasteiger partial charge in [0.15, 0.2) is 0 Å². The van der Waals surface area contributed by atoms with Gasteiger partial charge < -0.3 is 15.0 Å². The lowest BCUT2D eigenvalue weighted by Crippen LogP contribution is -2.51. The van der Waals surface area contributed by atoms with Gasteiger partial charge in [-0.25, -0.2) is 18.7 Å². The van der Waals surface area contributed by atoms with Gasteiger partial charge >= 0.3 is 6.36 Å². The van der Waals surface area contributed by atoms with E-state index in [9.17, 15) is 36.3 Å². The summed E-state index contributed by atoms with van der Waals surface area (Å²) in [5.41, 5.74) is -2.34. The Labute approximate surface area is 262 Å². The molecule has 0 radical (unpaired) electrons. The van der Waals surface area contributed by atoms with Crippen molar-refractivity contribution >= 4 is 52.6 Å². The van der Waals surface area contributed by atoms with Crippen molar-refractivity contribution in [3.8, 4) is 5.75 Å². The Kier molecular flexibility index (Phi) is 7.31. The Morgan fingerprint density at radius 3 is 2.24 bits per heavy atom. The zero-order valence-corrected chi connectivity index (χ0v) is 24.9. The minimum absolute atomic E-state index is 0.0263. The van der Waals surface area contributed by atoms with Crippen molar-refractivity contribution in [1.82, 2.24) is 19.8 Å². The van der Waals surface area contributed by atoms with Gasteiger partial charge in [-0.3, -0.25) is 19.0 Å². The number of anilines is 2. The number of nitrogens with zero attached hydrogens (tertiary/aromatic N) is 4. The van der Waals surface area contributed by atoms with Crippen LogP contribution in [-0.2, 0) is 21.5 Å². The average molecular weight is 672 g/mol. The second-order valence-electron chi connectivity index (χ2n) is 11.6. The first-order valence-corrected chi connectivity index (χ1v) is 14.5. The number of likely N-dealkylation sites (tertiary alicyclic amines) is 1. The van der Waals surface area contributed by atoms with Crippen LogP contribution in [0.2, 0.25) is 10.0 Å². The van der Waals surface area contributed by atoms with Crippen LogP contribution in [-0.4, -0.2) is 63.1 Å². The van der Waals surface area contributed by atoms with E-state index in [1.807, 2.05) is 0 Å². The summed E-state index contributed by atoms with van der Waals surface area (Å²) < 4.78 is 71.0. The van der Waals surface area contributed by atoms with Crippen LogP contribution >= 0.6 is 23.2 Å². The summed E-state index contributed by atoms with van der Waals surface area (Å²) in [6.07, 6.45) is -3.74. The van der Waals surface area contributed by atoms with Crippen LogP contribution < -0.4 is 15.0 Å². The number of hydrogen-bond acceptors (Lipinski definition) is 5. The third kappa shape index (κ3) is 5.81. The quantitative estimate of drug-likeness (QED) is 0.318. The lowest BCUT2D eigenvalue weighted by atomic mass is 9.91. The number of rotatable bonds is 7. The van der Waals surface area contributed by atoms with Gasteiger partial charge in [0.1, 0.15) is 22.5 Å². The molecule has 3 heterocycles. The topological polar surface area (TPSA) is 96.8 Å². The molecule has 1 aliphatic carbocycles. The Hall–Kier alpha value is -3.91. The van der Waals surface area contributed by atoms with Crippen molar-refractivity contribution < 1.29 is 41.1 Å². The number of nitrogens with one attached hydrogen (secondary N) is 1. The number of hydrogen-bond donors (Lipinski definition) is 1. The fourth-order valence-electron chi connectivity index (χ4n) is 5.85. The largest absolute Gasteiger partial charge is 0.573 e. The molecule has 9 nitrogen and oxygen atoms in total. The highest BCUT2D eigenvalue weighted by atomic mass is 35.5. The van der Waals surface area contributed by atoms with Gasteiger partial charge in [-0.2, -0.15) is 0 Å². The van der Waals surface area contributed by atoms with E-state index in [0.29, 0.717) is 5.56 Å². The van der Waals surface area contributed by atoms with Crippen LogP contribution in [0, 0.1) is 0 Å². The molecule has 0 unspecified atom stereocenters. The Morgan fingerprint density at radius 1 is 1.04 bits per heavy atom. The molecule has 238 valence electrons. The van der Waals surface area contributed by atoms with Crippen LogP contribution in [0.15, 0.2) is 48.7 Å². The Bertz CT molecular complexity index is 1690. The molecule has 2 aliphatic heterocycles. The minimum atomic E-state index is -4.89. The monoisotopic (exact) mass is 671 g/mol. The molecule has 0 bridgehead atoms. The van der Waals surface area contributed by atoms with Crippen molar-refractivity contribution in [2.24, 2.45) is 0 Å². The summed E-state index contributed by atoms with van der Waals surface area (Å²) in [6.45, 7) is 0.665. The van der Waals surface area contributed by atoms with E-state index in [1.54, 1.807) is 0 Å². The number of ether oxygens (including phenoxy) is 1. The average Bonchev–Trinajstić information content (AvgIpc) is 3.32. The first kappa shape index (κ1) is 31.1. The van der Waals surface area contributed by atoms with Crippen LogP contribution in [0.4, 0.5) is 33.6 Å². The third-order valence-electron chi connectivity index (χ3n) is 8.11. The molecule has 1 aromatic heterocycles. The van der Waals surface area contributed by atoms with Gasteiger partial charge in [0, 0.05) is 29.4 Å². The molecule has 1 saturated heterocycles. The lowest BCUT2D eigenvalue weighted by Gasteiger charge is -2.28. The summed E-state index contributed by atoms with van der Waals surface area (Å²) in [5.74, 6) is -5.35. The van der Waals surface area contributed by atoms with E-state index in [-0.39, 0.29) is 53.2 Å². The summed E-state index contributed by atoms with van der Waals surface area (Å²) in [4.78, 5) is 47.7. The van der Waals surface area contributed by atoms with Crippen molar-refractivity contribution in [2.45, 2.75) is 56.0 Å². The van der Waals surface area contributed by atoms with Crippen LogP contribution in [0.1, 0.15) is 42.2 Å². The van der Waals surface area contributed by atoms with Crippen molar-refractivity contribution in [3.05, 3.63) is 70.0 Å². The number of aromatic nitrogens is 2. The molecule has 3 aromatic rings. The maximum atomic E-state index is 14.2. The molecule has 3 aliphatic rings. The van der Waals surface area contributed by atoms with Gasteiger partial charge in [-0.15, -0.1) is 13.2 Å². The molecule has 16 heteroatoms. The van der Waals surface area contributed by atoms with Crippen molar-refractivity contribution in [2.75, 3.05) is 18.0 Å². The number of carbonyl (C=O) groups excluding carboxylic acids is 3. The SMILES string of the molecule is C[C@@]1(Cc2ccc(OC(F)(F)F)cc2)C(=O)N(c2cc(Cl)cc(Cl)c2)c2ncc(C(=O)NC3(C(=O)N4CCC(F)(F)C4)CC3)n21. The Balaban J connectivity index is 1.35. The second kappa shape index (κ2) is 10.6. The fourth-order valence-corrected chi connectivity index (χ4v) is 6.36. The predicted octanol–water partition coefficient (Wildman–Crippen LogP) is 5.85. The van der Waals surface area contributed by atoms with Crippen LogP contribution in [0.3, 0.4) is 0 Å². The van der Waals surface area contributed by atoms with E-state index in [4.69, 9.17) is 23.2 Å². The molecule has 1 atom stereocenters. The number of benzene rings is 2. The van der Waals surface area contributed by atoms with E-state index in [0.717, 1.165) is 17.0 Å². The molecule has 1 saturated carbocycles. The number of halogens is 7. The van der Waals surface area contributed by atoms with Gasteiger partial charge in [0.2, 0.25) is 11.9 Å². The zero-order chi connectivity index (χ0) is 32.5. The van der Waals surface area contributed by atoms with Crippen molar-refractivity contribution in [1.29, 1.82) is 0 Å². The molecular weight excluding hydrogens is 648 g/mol. The van der Waals surface area contributed by atoms with E-state index < -0.39 is 59.8 Å².